The highest BCUT2D eigenvalue weighted by molar-refractivity contribution is 5.96. The van der Waals surface area contributed by atoms with E-state index in [0.29, 0.717) is 11.3 Å². The molecule has 2 rings (SSSR count). The maximum absolute atomic E-state index is 12.0. The number of anilines is 1. The van der Waals surface area contributed by atoms with E-state index in [1.54, 1.807) is 30.5 Å². The fourth-order valence-electron chi connectivity index (χ4n) is 2.10. The predicted molar refractivity (Wildman–Crippen MR) is 91.7 cm³/mol. The summed E-state index contributed by atoms with van der Waals surface area (Å²) >= 11 is 0. The topological polar surface area (TPSA) is 70.6 Å². The number of rotatable bonds is 4. The summed E-state index contributed by atoms with van der Waals surface area (Å²) in [4.78, 5) is 22.9. The van der Waals surface area contributed by atoms with Crippen molar-refractivity contribution in [3.05, 3.63) is 64.7 Å². The molecule has 0 aliphatic rings. The van der Waals surface area contributed by atoms with Gasteiger partial charge in [-0.25, -0.2) is 5.43 Å². The lowest BCUT2D eigenvalue weighted by molar-refractivity contribution is -0.114. The van der Waals surface area contributed by atoms with E-state index >= 15 is 0 Å². The second-order valence-electron chi connectivity index (χ2n) is 5.32. The Labute approximate surface area is 135 Å². The first-order valence-corrected chi connectivity index (χ1v) is 7.24. The molecular formula is C18H19N3O2. The van der Waals surface area contributed by atoms with E-state index in [1.165, 1.54) is 12.5 Å². The Hall–Kier alpha value is -2.95. The molecule has 2 amide bonds. The summed E-state index contributed by atoms with van der Waals surface area (Å²) < 4.78 is 0. The second-order valence-corrected chi connectivity index (χ2v) is 5.32. The third kappa shape index (κ3) is 4.78. The van der Waals surface area contributed by atoms with Gasteiger partial charge in [0.25, 0.3) is 5.91 Å². The molecule has 23 heavy (non-hydrogen) atoms. The number of nitrogens with one attached hydrogen (secondary N) is 2. The van der Waals surface area contributed by atoms with Crippen molar-refractivity contribution in [1.29, 1.82) is 0 Å². The molecule has 0 bridgehead atoms. The number of aryl methyl sites for hydroxylation is 2. The van der Waals surface area contributed by atoms with Crippen LogP contribution in [0.15, 0.2) is 47.6 Å². The molecule has 2 N–H and O–H groups in total. The summed E-state index contributed by atoms with van der Waals surface area (Å²) in [6, 6.07) is 12.6. The van der Waals surface area contributed by atoms with Crippen molar-refractivity contribution in [1.82, 2.24) is 5.43 Å². The average molecular weight is 309 g/mol. The zero-order valence-electron chi connectivity index (χ0n) is 13.4. The summed E-state index contributed by atoms with van der Waals surface area (Å²) in [5.41, 5.74) is 6.85. The normalized spacial score (nSPS) is 10.6. The molecule has 0 saturated carbocycles. The lowest BCUT2D eigenvalue weighted by Gasteiger charge is -2.04. The number of hydrogen-bond donors (Lipinski definition) is 2. The zero-order valence-corrected chi connectivity index (χ0v) is 13.4. The molecule has 0 aliphatic carbocycles. The monoisotopic (exact) mass is 309 g/mol. The average Bonchev–Trinajstić information content (AvgIpc) is 2.49. The number of carbonyl (C=O) groups is 2. The second kappa shape index (κ2) is 7.35. The summed E-state index contributed by atoms with van der Waals surface area (Å²) in [7, 11) is 0. The molecule has 0 aliphatic heterocycles. The molecule has 0 spiro atoms. The van der Waals surface area contributed by atoms with E-state index in [0.717, 1.165) is 11.1 Å². The van der Waals surface area contributed by atoms with E-state index in [9.17, 15) is 9.59 Å². The van der Waals surface area contributed by atoms with Gasteiger partial charge in [0.2, 0.25) is 5.91 Å². The third-order valence-electron chi connectivity index (χ3n) is 3.26. The summed E-state index contributed by atoms with van der Waals surface area (Å²) in [6.45, 7) is 5.46. The van der Waals surface area contributed by atoms with Gasteiger partial charge in [-0.3, -0.25) is 9.59 Å². The van der Waals surface area contributed by atoms with Gasteiger partial charge in [-0.2, -0.15) is 5.10 Å². The van der Waals surface area contributed by atoms with Gasteiger partial charge >= 0.3 is 0 Å². The molecule has 0 radical (unpaired) electrons. The van der Waals surface area contributed by atoms with Crippen LogP contribution in [0.3, 0.4) is 0 Å². The molecule has 0 atom stereocenters. The minimum atomic E-state index is -0.305. The molecule has 0 saturated heterocycles. The molecule has 0 fully saturated rings. The van der Waals surface area contributed by atoms with Crippen LogP contribution in [0.25, 0.3) is 0 Å². The highest BCUT2D eigenvalue weighted by Gasteiger charge is 2.04. The molecule has 118 valence electrons. The molecule has 2 aromatic rings. The number of nitrogens with zero attached hydrogens (tertiary/aromatic N) is 1. The van der Waals surface area contributed by atoms with Crippen LogP contribution >= 0.6 is 0 Å². The van der Waals surface area contributed by atoms with Gasteiger partial charge in [0.1, 0.15) is 0 Å². The minimum Gasteiger partial charge on any atom is -0.326 e. The molecule has 0 unspecified atom stereocenters. The number of carbonyl (C=O) groups excluding carboxylic acids is 2. The molecule has 2 aromatic carbocycles. The SMILES string of the molecule is CC(=O)Nc1ccc(C(=O)NN=Cc2ccc(C)cc2C)cc1. The van der Waals surface area contributed by atoms with Crippen molar-refractivity contribution >= 4 is 23.7 Å². The summed E-state index contributed by atoms with van der Waals surface area (Å²) in [6.07, 6.45) is 1.62. The van der Waals surface area contributed by atoms with Crippen LogP contribution in [0.2, 0.25) is 0 Å². The van der Waals surface area contributed by atoms with Crippen LogP contribution in [0, 0.1) is 13.8 Å². The van der Waals surface area contributed by atoms with Crippen molar-refractivity contribution in [2.24, 2.45) is 5.10 Å². The van der Waals surface area contributed by atoms with E-state index in [-0.39, 0.29) is 11.8 Å². The summed E-state index contributed by atoms with van der Waals surface area (Å²) in [5, 5.41) is 6.63. The fraction of sp³-hybridized carbons (Fsp3) is 0.167. The van der Waals surface area contributed by atoms with Crippen molar-refractivity contribution < 1.29 is 9.59 Å². The first-order chi connectivity index (χ1) is 11.0. The molecule has 5 heteroatoms. The lowest BCUT2D eigenvalue weighted by Crippen LogP contribution is -2.17. The number of hydrazone groups is 1. The number of hydrogen-bond acceptors (Lipinski definition) is 3. The van der Waals surface area contributed by atoms with Gasteiger partial charge in [-0.1, -0.05) is 23.8 Å². The Balaban J connectivity index is 1.98. The lowest BCUT2D eigenvalue weighted by atomic mass is 10.1. The summed E-state index contributed by atoms with van der Waals surface area (Å²) in [5.74, 6) is -0.458. The fourth-order valence-corrected chi connectivity index (χ4v) is 2.10. The Kier molecular flexibility index (Phi) is 5.25. The van der Waals surface area contributed by atoms with Gasteiger partial charge in [0, 0.05) is 18.2 Å². The number of benzene rings is 2. The maximum Gasteiger partial charge on any atom is 0.271 e. The van der Waals surface area contributed by atoms with Gasteiger partial charge in [0.15, 0.2) is 0 Å². The molecule has 0 aromatic heterocycles. The molecule has 0 heterocycles. The third-order valence-corrected chi connectivity index (χ3v) is 3.26. The maximum atomic E-state index is 12.0. The van der Waals surface area contributed by atoms with Crippen LogP contribution in [-0.2, 0) is 4.79 Å². The van der Waals surface area contributed by atoms with Crippen molar-refractivity contribution in [3.8, 4) is 0 Å². The zero-order chi connectivity index (χ0) is 16.8. The first-order valence-electron chi connectivity index (χ1n) is 7.24. The first kappa shape index (κ1) is 16.4. The van der Waals surface area contributed by atoms with Crippen LogP contribution < -0.4 is 10.7 Å². The standard InChI is InChI=1S/C18H19N3O2/c1-12-4-5-16(13(2)10-12)11-19-21-18(23)15-6-8-17(9-7-15)20-14(3)22/h4-11H,1-3H3,(H,20,22)(H,21,23). The van der Waals surface area contributed by atoms with Crippen molar-refractivity contribution in [2.45, 2.75) is 20.8 Å². The van der Waals surface area contributed by atoms with Crippen LogP contribution in [-0.4, -0.2) is 18.0 Å². The highest BCUT2D eigenvalue weighted by atomic mass is 16.2. The molecule has 5 nitrogen and oxygen atoms in total. The van der Waals surface area contributed by atoms with Gasteiger partial charge in [-0.15, -0.1) is 0 Å². The van der Waals surface area contributed by atoms with Gasteiger partial charge < -0.3 is 5.32 Å². The quantitative estimate of drug-likeness (QED) is 0.673. The van der Waals surface area contributed by atoms with Crippen molar-refractivity contribution in [2.75, 3.05) is 5.32 Å². The van der Waals surface area contributed by atoms with E-state index < -0.39 is 0 Å². The Bertz CT molecular complexity index is 749. The minimum absolute atomic E-state index is 0.153. The van der Waals surface area contributed by atoms with Gasteiger partial charge in [-0.05, 0) is 49.2 Å². The highest BCUT2D eigenvalue weighted by Crippen LogP contribution is 2.10. The van der Waals surface area contributed by atoms with Crippen molar-refractivity contribution in [3.63, 3.8) is 0 Å². The van der Waals surface area contributed by atoms with Gasteiger partial charge in [0.05, 0.1) is 6.21 Å². The predicted octanol–water partition coefficient (Wildman–Crippen LogP) is 3.03. The smallest absolute Gasteiger partial charge is 0.271 e. The largest absolute Gasteiger partial charge is 0.326 e. The van der Waals surface area contributed by atoms with E-state index in [4.69, 9.17) is 0 Å². The van der Waals surface area contributed by atoms with Crippen LogP contribution in [0.4, 0.5) is 5.69 Å². The Morgan fingerprint density at radius 3 is 2.35 bits per heavy atom. The molecular weight excluding hydrogens is 290 g/mol. The number of amides is 2. The van der Waals surface area contributed by atoms with E-state index in [1.807, 2.05) is 26.0 Å². The van der Waals surface area contributed by atoms with Crippen LogP contribution in [0.1, 0.15) is 34.0 Å². The Morgan fingerprint density at radius 2 is 1.74 bits per heavy atom. The van der Waals surface area contributed by atoms with E-state index in [2.05, 4.69) is 21.9 Å². The Morgan fingerprint density at radius 1 is 1.04 bits per heavy atom. The van der Waals surface area contributed by atoms with Crippen LogP contribution in [0.5, 0.6) is 0 Å².